The van der Waals surface area contributed by atoms with E-state index in [1.165, 1.54) is 24.4 Å². The van der Waals surface area contributed by atoms with Crippen LogP contribution in [0.5, 0.6) is 0 Å². The summed E-state index contributed by atoms with van der Waals surface area (Å²) in [5.74, 6) is 0. The first-order chi connectivity index (χ1) is 9.74. The van der Waals surface area contributed by atoms with Crippen LogP contribution in [0.15, 0.2) is 22.6 Å². The van der Waals surface area contributed by atoms with Crippen molar-refractivity contribution >= 4 is 22.9 Å². The maximum Gasteiger partial charge on any atom is 0.278 e. The van der Waals surface area contributed by atoms with Gasteiger partial charge < -0.3 is 14.7 Å². The predicted molar refractivity (Wildman–Crippen MR) is 73.2 cm³/mol. The Balaban J connectivity index is 2.07. The molecule has 0 aromatic carbocycles. The van der Waals surface area contributed by atoms with E-state index in [4.69, 9.17) is 5.53 Å². The molecule has 1 aliphatic heterocycles. The van der Waals surface area contributed by atoms with Crippen LogP contribution in [0, 0.1) is 0 Å². The van der Waals surface area contributed by atoms with Crippen molar-refractivity contribution in [1.29, 1.82) is 0 Å². The first-order valence-corrected chi connectivity index (χ1v) is 6.89. The average molecular weight is 293 g/mol. The first kappa shape index (κ1) is 13.0. The van der Waals surface area contributed by atoms with Crippen LogP contribution in [0.4, 0.5) is 0 Å². The van der Waals surface area contributed by atoms with E-state index in [1.807, 2.05) is 0 Å². The minimum atomic E-state index is -0.309. The standard InChI is InChI=1S/C10H11N7O2S/c11-16-15-6-1-5(2-18)20-10(6)17-4-14-7-8(17)12-3-13-9(7)19/h3-6,10,18H,1-2H2,(H,12,13,19)/t5-,6-,10-/m0/s1. The number of hydrogen-bond donors (Lipinski definition) is 2. The number of aromatic amines is 1. The zero-order valence-electron chi connectivity index (χ0n) is 10.2. The summed E-state index contributed by atoms with van der Waals surface area (Å²) < 4.78 is 1.73. The van der Waals surface area contributed by atoms with Crippen molar-refractivity contribution < 1.29 is 5.11 Å². The molecule has 0 amide bonds. The molecule has 0 unspecified atom stereocenters. The maximum absolute atomic E-state index is 11.6. The van der Waals surface area contributed by atoms with Crippen LogP contribution >= 0.6 is 11.8 Å². The highest BCUT2D eigenvalue weighted by molar-refractivity contribution is 8.00. The Kier molecular flexibility index (Phi) is 3.35. The molecule has 2 aromatic rings. The lowest BCUT2D eigenvalue weighted by atomic mass is 10.2. The number of thioether (sulfide) groups is 1. The fourth-order valence-electron chi connectivity index (χ4n) is 2.32. The van der Waals surface area contributed by atoms with E-state index >= 15 is 0 Å². The van der Waals surface area contributed by atoms with Gasteiger partial charge in [0.25, 0.3) is 5.56 Å². The molecule has 0 saturated carbocycles. The summed E-state index contributed by atoms with van der Waals surface area (Å²) in [6, 6.07) is -0.305. The van der Waals surface area contributed by atoms with Gasteiger partial charge in [0.15, 0.2) is 11.2 Å². The second-order valence-corrected chi connectivity index (χ2v) is 5.82. The zero-order chi connectivity index (χ0) is 14.1. The topological polar surface area (TPSA) is 133 Å². The van der Waals surface area contributed by atoms with Gasteiger partial charge in [-0.15, -0.1) is 11.8 Å². The zero-order valence-corrected chi connectivity index (χ0v) is 11.1. The fraction of sp³-hybridized carbons (Fsp3) is 0.500. The summed E-state index contributed by atoms with van der Waals surface area (Å²) in [6.45, 7) is 0.0132. The van der Waals surface area contributed by atoms with E-state index in [-0.39, 0.29) is 34.3 Å². The number of fused-ring (bicyclic) bond motifs is 1. The van der Waals surface area contributed by atoms with E-state index < -0.39 is 0 Å². The molecule has 1 saturated heterocycles. The van der Waals surface area contributed by atoms with Crippen molar-refractivity contribution in [3.05, 3.63) is 33.5 Å². The average Bonchev–Trinajstić information content (AvgIpc) is 3.03. The van der Waals surface area contributed by atoms with Crippen LogP contribution in [-0.4, -0.2) is 42.5 Å². The van der Waals surface area contributed by atoms with Crippen molar-refractivity contribution in [3.8, 4) is 0 Å². The Bertz CT molecular complexity index is 735. The highest BCUT2D eigenvalue weighted by Gasteiger charge is 2.36. The van der Waals surface area contributed by atoms with Crippen molar-refractivity contribution in [2.24, 2.45) is 5.11 Å². The van der Waals surface area contributed by atoms with Gasteiger partial charge in [-0.05, 0) is 12.0 Å². The molecular formula is C10H11N7O2S. The minimum Gasteiger partial charge on any atom is -0.395 e. The Labute approximate surface area is 116 Å². The van der Waals surface area contributed by atoms with E-state index in [0.717, 1.165) is 0 Å². The molecule has 3 atom stereocenters. The van der Waals surface area contributed by atoms with Crippen LogP contribution < -0.4 is 5.56 Å². The SMILES string of the molecule is [N-]=[N+]=N[C@H]1C[C@@H](CO)S[C@@H]1n1cnc2c(=O)[nH]cnc21. The quantitative estimate of drug-likeness (QED) is 0.490. The van der Waals surface area contributed by atoms with Gasteiger partial charge in [-0.3, -0.25) is 4.79 Å². The normalized spacial score (nSPS) is 25.8. The second-order valence-electron chi connectivity index (χ2n) is 4.39. The molecule has 0 radical (unpaired) electrons. The fourth-order valence-corrected chi connectivity index (χ4v) is 3.74. The third-order valence-electron chi connectivity index (χ3n) is 3.21. The largest absolute Gasteiger partial charge is 0.395 e. The lowest BCUT2D eigenvalue weighted by Gasteiger charge is -2.16. The molecule has 104 valence electrons. The predicted octanol–water partition coefficient (Wildman–Crippen LogP) is 0.795. The number of imidazole rings is 1. The van der Waals surface area contributed by atoms with E-state index in [0.29, 0.717) is 12.1 Å². The Morgan fingerprint density at radius 1 is 1.65 bits per heavy atom. The number of aliphatic hydroxyl groups is 1. The van der Waals surface area contributed by atoms with Gasteiger partial charge in [0.2, 0.25) is 0 Å². The molecule has 0 aliphatic carbocycles. The molecular weight excluding hydrogens is 282 g/mol. The van der Waals surface area contributed by atoms with Gasteiger partial charge in [0, 0.05) is 10.2 Å². The van der Waals surface area contributed by atoms with E-state index in [9.17, 15) is 9.90 Å². The smallest absolute Gasteiger partial charge is 0.278 e. The molecule has 3 rings (SSSR count). The number of aromatic nitrogens is 4. The second kappa shape index (κ2) is 5.16. The van der Waals surface area contributed by atoms with E-state index in [2.05, 4.69) is 25.0 Å². The van der Waals surface area contributed by atoms with Crippen LogP contribution in [-0.2, 0) is 0 Å². The Hall–Kier alpha value is -2.03. The molecule has 0 bridgehead atoms. The molecule has 1 aliphatic rings. The van der Waals surface area contributed by atoms with Crippen LogP contribution in [0.3, 0.4) is 0 Å². The first-order valence-electron chi connectivity index (χ1n) is 5.95. The highest BCUT2D eigenvalue weighted by Crippen LogP contribution is 2.44. The molecule has 20 heavy (non-hydrogen) atoms. The molecule has 2 N–H and O–H groups in total. The molecule has 1 fully saturated rings. The van der Waals surface area contributed by atoms with Crippen LogP contribution in [0.25, 0.3) is 21.6 Å². The molecule has 2 aromatic heterocycles. The highest BCUT2D eigenvalue weighted by atomic mass is 32.2. The van der Waals surface area contributed by atoms with Crippen LogP contribution in [0.1, 0.15) is 11.8 Å². The number of aliphatic hydroxyl groups excluding tert-OH is 1. The van der Waals surface area contributed by atoms with Gasteiger partial charge in [-0.1, -0.05) is 5.11 Å². The number of H-pyrrole nitrogens is 1. The number of azide groups is 1. The monoisotopic (exact) mass is 293 g/mol. The van der Waals surface area contributed by atoms with Gasteiger partial charge in [-0.2, -0.15) is 0 Å². The molecule has 10 heteroatoms. The number of hydrogen-bond acceptors (Lipinski definition) is 6. The van der Waals surface area contributed by atoms with Crippen LogP contribution in [0.2, 0.25) is 0 Å². The lowest BCUT2D eigenvalue weighted by molar-refractivity contribution is 0.289. The van der Waals surface area contributed by atoms with Crippen molar-refractivity contribution in [3.63, 3.8) is 0 Å². The summed E-state index contributed by atoms with van der Waals surface area (Å²) in [4.78, 5) is 25.1. The molecule has 9 nitrogen and oxygen atoms in total. The Morgan fingerprint density at radius 3 is 3.25 bits per heavy atom. The third-order valence-corrected chi connectivity index (χ3v) is 4.75. The number of nitrogens with one attached hydrogen (secondary N) is 1. The van der Waals surface area contributed by atoms with Gasteiger partial charge >= 0.3 is 0 Å². The summed E-state index contributed by atoms with van der Waals surface area (Å²) in [6.07, 6.45) is 3.41. The summed E-state index contributed by atoms with van der Waals surface area (Å²) >= 11 is 1.49. The van der Waals surface area contributed by atoms with Gasteiger partial charge in [-0.25, -0.2) is 9.97 Å². The maximum atomic E-state index is 11.6. The summed E-state index contributed by atoms with van der Waals surface area (Å²) in [5.41, 5.74) is 9.04. The lowest BCUT2D eigenvalue weighted by Crippen LogP contribution is -2.15. The summed E-state index contributed by atoms with van der Waals surface area (Å²) in [7, 11) is 0. The van der Waals surface area contributed by atoms with Gasteiger partial charge in [0.05, 0.1) is 30.7 Å². The number of rotatable bonds is 3. The van der Waals surface area contributed by atoms with Crippen molar-refractivity contribution in [2.45, 2.75) is 23.1 Å². The Morgan fingerprint density at radius 2 is 2.50 bits per heavy atom. The molecule has 0 spiro atoms. The van der Waals surface area contributed by atoms with E-state index in [1.54, 1.807) is 4.57 Å². The number of nitrogens with zero attached hydrogens (tertiary/aromatic N) is 6. The van der Waals surface area contributed by atoms with Crippen molar-refractivity contribution in [2.75, 3.05) is 6.61 Å². The van der Waals surface area contributed by atoms with Gasteiger partial charge in [0.1, 0.15) is 0 Å². The third kappa shape index (κ3) is 2.03. The summed E-state index contributed by atoms with van der Waals surface area (Å²) in [5, 5.41) is 12.8. The minimum absolute atomic E-state index is 0.00468. The molecule has 3 heterocycles. The van der Waals surface area contributed by atoms with Crippen molar-refractivity contribution in [1.82, 2.24) is 19.5 Å².